The molecule has 1 aliphatic heterocycles. The van der Waals surface area contributed by atoms with E-state index in [1.807, 2.05) is 12.1 Å². The SMILES string of the molecule is NC(CCC1CCCO1)Cc1cc(Cl)ccc1Cl. The van der Waals surface area contributed by atoms with Crippen LogP contribution in [-0.2, 0) is 11.2 Å². The van der Waals surface area contributed by atoms with Crippen molar-refractivity contribution < 1.29 is 4.74 Å². The Labute approximate surface area is 118 Å². The molecule has 1 heterocycles. The predicted molar refractivity (Wildman–Crippen MR) is 76.3 cm³/mol. The number of nitrogens with two attached hydrogens (primary N) is 1. The van der Waals surface area contributed by atoms with Gasteiger partial charge in [0.05, 0.1) is 6.10 Å². The number of halogens is 2. The molecular weight excluding hydrogens is 269 g/mol. The van der Waals surface area contributed by atoms with Crippen LogP contribution in [0, 0.1) is 0 Å². The maximum atomic E-state index is 6.15. The second-order valence-corrected chi connectivity index (χ2v) is 5.76. The standard InChI is InChI=1S/C14H19Cl2NO/c15-11-3-6-14(16)10(8-11)9-12(17)4-5-13-2-1-7-18-13/h3,6,8,12-13H,1-2,4-5,7,9,17H2. The van der Waals surface area contributed by atoms with Crippen LogP contribution in [0.15, 0.2) is 18.2 Å². The summed E-state index contributed by atoms with van der Waals surface area (Å²) < 4.78 is 5.59. The summed E-state index contributed by atoms with van der Waals surface area (Å²) in [6.07, 6.45) is 5.54. The van der Waals surface area contributed by atoms with Crippen LogP contribution in [-0.4, -0.2) is 18.8 Å². The monoisotopic (exact) mass is 287 g/mol. The minimum Gasteiger partial charge on any atom is -0.378 e. The van der Waals surface area contributed by atoms with Crippen LogP contribution < -0.4 is 5.73 Å². The Kier molecular flexibility index (Phi) is 5.31. The Bertz CT molecular complexity index is 391. The van der Waals surface area contributed by atoms with E-state index in [9.17, 15) is 0 Å². The van der Waals surface area contributed by atoms with Crippen molar-refractivity contribution in [2.45, 2.75) is 44.2 Å². The fraction of sp³-hybridized carbons (Fsp3) is 0.571. The molecular formula is C14H19Cl2NO. The summed E-state index contributed by atoms with van der Waals surface area (Å²) in [5.41, 5.74) is 7.18. The highest BCUT2D eigenvalue weighted by Crippen LogP contribution is 2.23. The summed E-state index contributed by atoms with van der Waals surface area (Å²) in [4.78, 5) is 0. The van der Waals surface area contributed by atoms with Crippen LogP contribution in [0.2, 0.25) is 10.0 Å². The topological polar surface area (TPSA) is 35.2 Å². The van der Waals surface area contributed by atoms with Gasteiger partial charge in [0, 0.05) is 22.7 Å². The third-order valence-corrected chi connectivity index (χ3v) is 3.98. The van der Waals surface area contributed by atoms with Crippen molar-refractivity contribution in [1.29, 1.82) is 0 Å². The van der Waals surface area contributed by atoms with Gasteiger partial charge in [0.1, 0.15) is 0 Å². The number of rotatable bonds is 5. The molecule has 0 saturated carbocycles. The van der Waals surface area contributed by atoms with E-state index in [0.717, 1.165) is 36.5 Å². The molecule has 0 spiro atoms. The first-order valence-electron chi connectivity index (χ1n) is 6.46. The molecule has 1 fully saturated rings. The molecule has 1 aliphatic rings. The molecule has 2 N–H and O–H groups in total. The molecule has 1 saturated heterocycles. The predicted octanol–water partition coefficient (Wildman–Crippen LogP) is 3.82. The molecule has 2 atom stereocenters. The molecule has 0 aliphatic carbocycles. The molecule has 1 aromatic rings. The lowest BCUT2D eigenvalue weighted by Gasteiger charge is -2.15. The van der Waals surface area contributed by atoms with E-state index < -0.39 is 0 Å². The van der Waals surface area contributed by atoms with Crippen LogP contribution in [0.25, 0.3) is 0 Å². The van der Waals surface area contributed by atoms with Crippen LogP contribution in [0.1, 0.15) is 31.2 Å². The van der Waals surface area contributed by atoms with Crippen molar-refractivity contribution in [3.05, 3.63) is 33.8 Å². The Morgan fingerprint density at radius 3 is 2.94 bits per heavy atom. The first-order chi connectivity index (χ1) is 8.65. The second-order valence-electron chi connectivity index (χ2n) is 4.91. The van der Waals surface area contributed by atoms with E-state index in [1.54, 1.807) is 6.07 Å². The molecule has 0 radical (unpaired) electrons. The molecule has 1 aromatic carbocycles. The molecule has 18 heavy (non-hydrogen) atoms. The van der Waals surface area contributed by atoms with Crippen molar-refractivity contribution in [1.82, 2.24) is 0 Å². The fourth-order valence-electron chi connectivity index (χ4n) is 2.36. The third-order valence-electron chi connectivity index (χ3n) is 3.37. The Balaban J connectivity index is 1.82. The molecule has 2 rings (SSSR count). The number of ether oxygens (including phenoxy) is 1. The highest BCUT2D eigenvalue weighted by molar-refractivity contribution is 6.33. The first kappa shape index (κ1) is 14.1. The minimum absolute atomic E-state index is 0.116. The zero-order valence-corrected chi connectivity index (χ0v) is 11.9. The Morgan fingerprint density at radius 1 is 1.39 bits per heavy atom. The second kappa shape index (κ2) is 6.76. The van der Waals surface area contributed by atoms with E-state index >= 15 is 0 Å². The van der Waals surface area contributed by atoms with E-state index in [4.69, 9.17) is 33.7 Å². The average Bonchev–Trinajstić information content (AvgIpc) is 2.84. The number of hydrogen-bond donors (Lipinski definition) is 1. The Hall–Kier alpha value is -0.280. The van der Waals surface area contributed by atoms with Crippen molar-refractivity contribution >= 4 is 23.2 Å². The summed E-state index contributed by atoms with van der Waals surface area (Å²) in [5.74, 6) is 0. The van der Waals surface area contributed by atoms with Gasteiger partial charge in [0.15, 0.2) is 0 Å². The largest absolute Gasteiger partial charge is 0.378 e. The lowest BCUT2D eigenvalue weighted by Crippen LogP contribution is -2.24. The quantitative estimate of drug-likeness (QED) is 0.894. The van der Waals surface area contributed by atoms with E-state index in [2.05, 4.69) is 0 Å². The lowest BCUT2D eigenvalue weighted by molar-refractivity contribution is 0.101. The number of benzene rings is 1. The maximum absolute atomic E-state index is 6.15. The first-order valence-corrected chi connectivity index (χ1v) is 7.22. The Morgan fingerprint density at radius 2 is 2.22 bits per heavy atom. The van der Waals surface area contributed by atoms with Crippen LogP contribution >= 0.6 is 23.2 Å². The molecule has 0 aromatic heterocycles. The highest BCUT2D eigenvalue weighted by Gasteiger charge is 2.17. The minimum atomic E-state index is 0.116. The van der Waals surface area contributed by atoms with Crippen molar-refractivity contribution in [3.63, 3.8) is 0 Å². The van der Waals surface area contributed by atoms with Gasteiger partial charge in [-0.15, -0.1) is 0 Å². The fourth-order valence-corrected chi connectivity index (χ4v) is 2.75. The van der Waals surface area contributed by atoms with Gasteiger partial charge in [-0.1, -0.05) is 23.2 Å². The number of hydrogen-bond acceptors (Lipinski definition) is 2. The van der Waals surface area contributed by atoms with Gasteiger partial charge >= 0.3 is 0 Å². The molecule has 0 amide bonds. The maximum Gasteiger partial charge on any atom is 0.0576 e. The summed E-state index contributed by atoms with van der Waals surface area (Å²) in [6, 6.07) is 5.64. The summed E-state index contributed by atoms with van der Waals surface area (Å²) in [7, 11) is 0. The average molecular weight is 288 g/mol. The van der Waals surface area contributed by atoms with Gasteiger partial charge in [0.2, 0.25) is 0 Å². The summed E-state index contributed by atoms with van der Waals surface area (Å²) >= 11 is 12.1. The molecule has 0 bridgehead atoms. The van der Waals surface area contributed by atoms with Gasteiger partial charge in [0.25, 0.3) is 0 Å². The molecule has 2 nitrogen and oxygen atoms in total. The van der Waals surface area contributed by atoms with Crippen molar-refractivity contribution in [2.75, 3.05) is 6.61 Å². The van der Waals surface area contributed by atoms with Gasteiger partial charge in [-0.05, 0) is 55.9 Å². The van der Waals surface area contributed by atoms with E-state index in [1.165, 1.54) is 12.8 Å². The zero-order chi connectivity index (χ0) is 13.0. The van der Waals surface area contributed by atoms with Gasteiger partial charge < -0.3 is 10.5 Å². The molecule has 2 unspecified atom stereocenters. The van der Waals surface area contributed by atoms with Crippen LogP contribution in [0.5, 0.6) is 0 Å². The van der Waals surface area contributed by atoms with Crippen LogP contribution in [0.3, 0.4) is 0 Å². The normalized spacial score (nSPS) is 21.2. The molecule has 4 heteroatoms. The van der Waals surface area contributed by atoms with Crippen molar-refractivity contribution in [3.8, 4) is 0 Å². The van der Waals surface area contributed by atoms with Crippen LogP contribution in [0.4, 0.5) is 0 Å². The van der Waals surface area contributed by atoms with E-state index in [-0.39, 0.29) is 6.04 Å². The molecule has 100 valence electrons. The zero-order valence-electron chi connectivity index (χ0n) is 10.4. The smallest absolute Gasteiger partial charge is 0.0576 e. The summed E-state index contributed by atoms with van der Waals surface area (Å²) in [6.45, 7) is 0.903. The van der Waals surface area contributed by atoms with Gasteiger partial charge in [-0.25, -0.2) is 0 Å². The lowest BCUT2D eigenvalue weighted by atomic mass is 10.00. The van der Waals surface area contributed by atoms with Gasteiger partial charge in [-0.2, -0.15) is 0 Å². The third kappa shape index (κ3) is 4.13. The van der Waals surface area contributed by atoms with E-state index in [0.29, 0.717) is 11.1 Å². The van der Waals surface area contributed by atoms with Gasteiger partial charge in [-0.3, -0.25) is 0 Å². The summed E-state index contributed by atoms with van der Waals surface area (Å²) in [5, 5.41) is 1.45. The highest BCUT2D eigenvalue weighted by atomic mass is 35.5. The van der Waals surface area contributed by atoms with Crippen molar-refractivity contribution in [2.24, 2.45) is 5.73 Å².